The topological polar surface area (TPSA) is 69.7 Å². The number of allylic oxidation sites excluding steroid dienone is 1. The maximum absolute atomic E-state index is 12.9. The number of rotatable bonds is 3. The minimum absolute atomic E-state index is 0.0313. The highest BCUT2D eigenvalue weighted by molar-refractivity contribution is 5.95. The summed E-state index contributed by atoms with van der Waals surface area (Å²) in [4.78, 5) is 36.5. The first-order valence-electron chi connectivity index (χ1n) is 9.43. The predicted molar refractivity (Wildman–Crippen MR) is 89.4 cm³/mol. The second-order valence-corrected chi connectivity index (χ2v) is 8.64. The largest absolute Gasteiger partial charge is 0.465 e. The summed E-state index contributed by atoms with van der Waals surface area (Å²) in [7, 11) is 0. The molecule has 2 heterocycles. The van der Waals surface area contributed by atoms with Crippen LogP contribution in [0.15, 0.2) is 11.6 Å². The average Bonchev–Trinajstić information content (AvgIpc) is 3.15. The van der Waals surface area contributed by atoms with Crippen LogP contribution in [0, 0.1) is 28.6 Å². The summed E-state index contributed by atoms with van der Waals surface area (Å²) in [5.41, 5.74) is 0.152. The first-order chi connectivity index (χ1) is 11.9. The van der Waals surface area contributed by atoms with Gasteiger partial charge in [-0.3, -0.25) is 9.59 Å². The lowest BCUT2D eigenvalue weighted by molar-refractivity contribution is -0.145. The first-order valence-corrected chi connectivity index (χ1v) is 9.43. The molecule has 0 aromatic heterocycles. The Bertz CT molecular complexity index is 665. The van der Waals surface area contributed by atoms with Gasteiger partial charge in [-0.05, 0) is 37.0 Å². The molecule has 0 radical (unpaired) electrons. The van der Waals surface area contributed by atoms with Crippen molar-refractivity contribution in [2.24, 2.45) is 28.6 Å². The van der Waals surface area contributed by atoms with Crippen LogP contribution < -0.4 is 0 Å². The molecule has 3 fully saturated rings. The molecule has 5 heteroatoms. The van der Waals surface area contributed by atoms with E-state index >= 15 is 0 Å². The zero-order chi connectivity index (χ0) is 17.8. The van der Waals surface area contributed by atoms with Crippen LogP contribution in [0.25, 0.3) is 0 Å². The second-order valence-electron chi connectivity index (χ2n) is 8.64. The van der Waals surface area contributed by atoms with Crippen LogP contribution in [0.5, 0.6) is 0 Å². The van der Waals surface area contributed by atoms with Crippen LogP contribution in [-0.4, -0.2) is 30.9 Å². The van der Waals surface area contributed by atoms with E-state index in [1.54, 1.807) is 0 Å². The van der Waals surface area contributed by atoms with Gasteiger partial charge in [0.15, 0.2) is 0 Å². The molecular formula is C20H26O5. The van der Waals surface area contributed by atoms with E-state index in [9.17, 15) is 14.4 Å². The van der Waals surface area contributed by atoms with E-state index in [0.717, 1.165) is 31.3 Å². The fraction of sp³-hybridized carbons (Fsp3) is 0.750. The Hall–Kier alpha value is -1.65. The molecule has 25 heavy (non-hydrogen) atoms. The highest BCUT2D eigenvalue weighted by atomic mass is 16.5. The van der Waals surface area contributed by atoms with Gasteiger partial charge in [0.05, 0.1) is 13.0 Å². The van der Waals surface area contributed by atoms with Gasteiger partial charge in [-0.15, -0.1) is 0 Å². The molecule has 0 bridgehead atoms. The van der Waals surface area contributed by atoms with Crippen molar-refractivity contribution in [1.82, 2.24) is 0 Å². The highest BCUT2D eigenvalue weighted by Gasteiger charge is 2.63. The summed E-state index contributed by atoms with van der Waals surface area (Å²) in [6.45, 7) is 5.10. The molecule has 1 saturated carbocycles. The molecule has 4 rings (SSSR count). The van der Waals surface area contributed by atoms with Gasteiger partial charge in [0.1, 0.15) is 12.4 Å². The molecular weight excluding hydrogens is 320 g/mol. The van der Waals surface area contributed by atoms with Crippen LogP contribution in [-0.2, 0) is 23.9 Å². The van der Waals surface area contributed by atoms with Crippen LogP contribution >= 0.6 is 0 Å². The van der Waals surface area contributed by atoms with Gasteiger partial charge in [0.25, 0.3) is 0 Å². The molecule has 136 valence electrons. The minimum atomic E-state index is -0.421. The van der Waals surface area contributed by atoms with Crippen molar-refractivity contribution in [1.29, 1.82) is 0 Å². The van der Waals surface area contributed by atoms with Crippen molar-refractivity contribution in [3.05, 3.63) is 11.6 Å². The van der Waals surface area contributed by atoms with Gasteiger partial charge < -0.3 is 9.47 Å². The molecule has 5 nitrogen and oxygen atoms in total. The Morgan fingerprint density at radius 3 is 2.76 bits per heavy atom. The molecule has 4 aliphatic rings. The van der Waals surface area contributed by atoms with Crippen molar-refractivity contribution < 1.29 is 23.9 Å². The Kier molecular flexibility index (Phi) is 3.82. The third-order valence-electron chi connectivity index (χ3n) is 7.47. The summed E-state index contributed by atoms with van der Waals surface area (Å²) >= 11 is 0. The van der Waals surface area contributed by atoms with E-state index < -0.39 is 5.41 Å². The smallest absolute Gasteiger partial charge is 0.334 e. The first kappa shape index (κ1) is 16.8. The third kappa shape index (κ3) is 2.38. The maximum atomic E-state index is 12.9. The molecule has 5 atom stereocenters. The lowest BCUT2D eigenvalue weighted by atomic mass is 9.46. The van der Waals surface area contributed by atoms with Crippen LogP contribution in [0.2, 0.25) is 0 Å². The molecule has 2 aliphatic carbocycles. The van der Waals surface area contributed by atoms with Gasteiger partial charge in [0.2, 0.25) is 0 Å². The highest BCUT2D eigenvalue weighted by Crippen LogP contribution is 2.63. The number of hydrogen-bond acceptors (Lipinski definition) is 5. The molecule has 1 spiro atoms. The van der Waals surface area contributed by atoms with Crippen molar-refractivity contribution in [3.63, 3.8) is 0 Å². The minimum Gasteiger partial charge on any atom is -0.465 e. The molecule has 0 aromatic carbocycles. The lowest BCUT2D eigenvalue weighted by Crippen LogP contribution is -2.55. The molecule has 0 aromatic rings. The number of esters is 2. The summed E-state index contributed by atoms with van der Waals surface area (Å²) < 4.78 is 10.5. The van der Waals surface area contributed by atoms with Crippen molar-refractivity contribution in [3.8, 4) is 0 Å². The number of carbonyl (C=O) groups is 3. The van der Waals surface area contributed by atoms with Gasteiger partial charge >= 0.3 is 11.9 Å². The number of Topliss-reactive ketones (excluding diaryl/α,β-unsaturated/α-hetero) is 1. The van der Waals surface area contributed by atoms with Gasteiger partial charge in [-0.1, -0.05) is 19.9 Å². The molecule has 2 saturated heterocycles. The molecule has 0 amide bonds. The molecule has 2 aliphatic heterocycles. The monoisotopic (exact) mass is 346 g/mol. The fourth-order valence-electron chi connectivity index (χ4n) is 5.82. The second kappa shape index (κ2) is 5.68. The number of cyclic esters (lactones) is 2. The number of carbonyl (C=O) groups excluding carboxylic acids is 3. The Balaban J connectivity index is 1.63. The predicted octanol–water partition coefficient (Wildman–Crippen LogP) is 2.82. The number of ether oxygens (including phenoxy) is 2. The third-order valence-corrected chi connectivity index (χ3v) is 7.47. The zero-order valence-electron chi connectivity index (χ0n) is 15.0. The summed E-state index contributed by atoms with van der Waals surface area (Å²) in [6.07, 6.45) is 6.55. The van der Waals surface area contributed by atoms with Gasteiger partial charge in [-0.2, -0.15) is 0 Å². The van der Waals surface area contributed by atoms with Crippen LogP contribution in [0.1, 0.15) is 52.4 Å². The van der Waals surface area contributed by atoms with Crippen LogP contribution in [0.3, 0.4) is 0 Å². The van der Waals surface area contributed by atoms with Crippen molar-refractivity contribution in [2.75, 3.05) is 13.2 Å². The Labute approximate surface area is 148 Å². The summed E-state index contributed by atoms with van der Waals surface area (Å²) in [5, 5.41) is 0. The van der Waals surface area contributed by atoms with Crippen molar-refractivity contribution in [2.45, 2.75) is 52.4 Å². The standard InChI is InChI=1S/C20H26O5/c1-12-15(21)9-20-11-25-18(23)14(20)4-3-5-16(20)19(12,2)7-6-13-8-17(22)24-10-13/h4,12-13,16H,3,5-11H2,1-2H3. The quantitative estimate of drug-likeness (QED) is 0.735. The number of ketones is 1. The number of hydrogen-bond donors (Lipinski definition) is 0. The molecule has 5 unspecified atom stereocenters. The average molecular weight is 346 g/mol. The summed E-state index contributed by atoms with van der Waals surface area (Å²) in [5.74, 6) is 0.391. The van der Waals surface area contributed by atoms with Gasteiger partial charge in [-0.25, -0.2) is 4.79 Å². The summed E-state index contributed by atoms with van der Waals surface area (Å²) in [6, 6.07) is 0. The van der Waals surface area contributed by atoms with E-state index in [2.05, 4.69) is 6.92 Å². The van der Waals surface area contributed by atoms with Crippen LogP contribution in [0.4, 0.5) is 0 Å². The SMILES string of the molecule is CC1C(=O)CC23COC(=O)C2=CCCC3C1(C)CCC1COC(=O)C1. The normalized spacial score (nSPS) is 43.2. The van der Waals surface area contributed by atoms with E-state index in [0.29, 0.717) is 26.1 Å². The van der Waals surface area contributed by atoms with Crippen molar-refractivity contribution >= 4 is 17.7 Å². The van der Waals surface area contributed by atoms with E-state index in [1.807, 2.05) is 13.0 Å². The van der Waals surface area contributed by atoms with Gasteiger partial charge in [0, 0.05) is 29.2 Å². The van der Waals surface area contributed by atoms with E-state index in [1.165, 1.54) is 0 Å². The Morgan fingerprint density at radius 2 is 2.04 bits per heavy atom. The lowest BCUT2D eigenvalue weighted by Gasteiger charge is -2.55. The maximum Gasteiger partial charge on any atom is 0.334 e. The Morgan fingerprint density at radius 1 is 1.24 bits per heavy atom. The van der Waals surface area contributed by atoms with E-state index in [-0.39, 0.29) is 40.9 Å². The fourth-order valence-corrected chi connectivity index (χ4v) is 5.82. The molecule has 0 N–H and O–H groups in total. The zero-order valence-corrected chi connectivity index (χ0v) is 15.0. The van der Waals surface area contributed by atoms with E-state index in [4.69, 9.17) is 9.47 Å².